The molecule has 0 saturated heterocycles. The summed E-state index contributed by atoms with van der Waals surface area (Å²) >= 11 is 1.49. The van der Waals surface area contributed by atoms with Crippen LogP contribution in [0.15, 0.2) is 23.6 Å². The quantitative estimate of drug-likeness (QED) is 0.721. The SMILES string of the molecule is Cc1nc2c(O)c(CC[C@@H](O)c3cccs3)c(C(=O)N(C)C)cc2n1C. The van der Waals surface area contributed by atoms with Crippen LogP contribution in [0.5, 0.6) is 5.75 Å². The number of benzene rings is 1. The second-order valence-electron chi connectivity index (χ2n) is 6.61. The molecule has 138 valence electrons. The van der Waals surface area contributed by atoms with Gasteiger partial charge in [0.2, 0.25) is 0 Å². The number of amides is 1. The molecule has 26 heavy (non-hydrogen) atoms. The Hall–Kier alpha value is -2.38. The zero-order valence-electron chi connectivity index (χ0n) is 15.4. The van der Waals surface area contributed by atoms with Gasteiger partial charge in [0.15, 0.2) is 0 Å². The fourth-order valence-corrected chi connectivity index (χ4v) is 3.80. The number of aromatic hydroxyl groups is 1. The minimum atomic E-state index is -0.627. The Morgan fingerprint density at radius 3 is 2.77 bits per heavy atom. The van der Waals surface area contributed by atoms with Gasteiger partial charge in [-0.25, -0.2) is 4.98 Å². The number of aromatic nitrogens is 2. The average molecular weight is 373 g/mol. The van der Waals surface area contributed by atoms with Crippen LogP contribution in [0.3, 0.4) is 0 Å². The molecule has 0 saturated carbocycles. The monoisotopic (exact) mass is 373 g/mol. The summed E-state index contributed by atoms with van der Waals surface area (Å²) in [6, 6.07) is 5.56. The molecule has 0 bridgehead atoms. The maximum atomic E-state index is 12.7. The highest BCUT2D eigenvalue weighted by molar-refractivity contribution is 7.10. The number of phenols is 1. The number of carbonyl (C=O) groups is 1. The lowest BCUT2D eigenvalue weighted by molar-refractivity contribution is 0.0825. The molecule has 0 radical (unpaired) electrons. The minimum Gasteiger partial charge on any atom is -0.505 e. The van der Waals surface area contributed by atoms with Gasteiger partial charge in [-0.3, -0.25) is 4.79 Å². The molecule has 0 aliphatic heterocycles. The fourth-order valence-electron chi connectivity index (χ4n) is 3.05. The van der Waals surface area contributed by atoms with Crippen molar-refractivity contribution in [2.24, 2.45) is 7.05 Å². The highest BCUT2D eigenvalue weighted by atomic mass is 32.1. The standard InChI is InChI=1S/C19H23N3O3S/c1-11-20-17-14(22(11)4)10-13(19(25)21(2)3)12(18(17)24)7-8-15(23)16-6-5-9-26-16/h5-6,9-10,15,23-24H,7-8H2,1-4H3/t15-/m1/s1. The van der Waals surface area contributed by atoms with E-state index in [1.807, 2.05) is 36.1 Å². The maximum absolute atomic E-state index is 12.7. The predicted octanol–water partition coefficient (Wildman–Crippen LogP) is 3.02. The van der Waals surface area contributed by atoms with Crippen LogP contribution < -0.4 is 0 Å². The van der Waals surface area contributed by atoms with Crippen LogP contribution in [-0.4, -0.2) is 44.7 Å². The fraction of sp³-hybridized carbons (Fsp3) is 0.368. The van der Waals surface area contributed by atoms with Crippen LogP contribution in [0.25, 0.3) is 11.0 Å². The number of aryl methyl sites for hydroxylation is 2. The number of fused-ring (bicyclic) bond motifs is 1. The second-order valence-corrected chi connectivity index (χ2v) is 7.59. The van der Waals surface area contributed by atoms with Crippen LogP contribution in [0, 0.1) is 6.92 Å². The Morgan fingerprint density at radius 2 is 2.15 bits per heavy atom. The highest BCUT2D eigenvalue weighted by Gasteiger charge is 2.23. The molecule has 0 aliphatic rings. The minimum absolute atomic E-state index is 0.0229. The van der Waals surface area contributed by atoms with Gasteiger partial charge in [0.25, 0.3) is 5.91 Å². The lowest BCUT2D eigenvalue weighted by atomic mass is 9.97. The number of imidazole rings is 1. The van der Waals surface area contributed by atoms with Gasteiger partial charge in [-0.1, -0.05) is 6.07 Å². The molecule has 7 heteroatoms. The lowest BCUT2D eigenvalue weighted by Crippen LogP contribution is -2.23. The van der Waals surface area contributed by atoms with Crippen LogP contribution in [0.4, 0.5) is 0 Å². The first kappa shape index (κ1) is 18.4. The Labute approximate surface area is 156 Å². The van der Waals surface area contributed by atoms with E-state index in [4.69, 9.17) is 0 Å². The zero-order chi connectivity index (χ0) is 19.0. The molecule has 3 rings (SSSR count). The zero-order valence-corrected chi connectivity index (χ0v) is 16.2. The van der Waals surface area contributed by atoms with Crippen molar-refractivity contribution in [1.29, 1.82) is 0 Å². The summed E-state index contributed by atoms with van der Waals surface area (Å²) in [4.78, 5) is 19.5. The molecule has 6 nitrogen and oxygen atoms in total. The van der Waals surface area contributed by atoms with Gasteiger partial charge in [-0.05, 0) is 37.3 Å². The van der Waals surface area contributed by atoms with Gasteiger partial charge >= 0.3 is 0 Å². The summed E-state index contributed by atoms with van der Waals surface area (Å²) in [5.41, 5.74) is 2.18. The third-order valence-electron chi connectivity index (χ3n) is 4.66. The van der Waals surface area contributed by atoms with E-state index in [1.54, 1.807) is 20.2 Å². The van der Waals surface area contributed by atoms with Gasteiger partial charge < -0.3 is 19.7 Å². The highest BCUT2D eigenvalue weighted by Crippen LogP contribution is 2.34. The van der Waals surface area contributed by atoms with E-state index in [2.05, 4.69) is 4.98 Å². The van der Waals surface area contributed by atoms with E-state index < -0.39 is 6.10 Å². The number of thiophene rings is 1. The topological polar surface area (TPSA) is 78.6 Å². The van der Waals surface area contributed by atoms with Crippen molar-refractivity contribution < 1.29 is 15.0 Å². The third kappa shape index (κ3) is 3.20. The molecule has 1 atom stereocenters. The van der Waals surface area contributed by atoms with E-state index in [0.29, 0.717) is 35.0 Å². The van der Waals surface area contributed by atoms with Crippen LogP contribution in [0.1, 0.15) is 39.1 Å². The van der Waals surface area contributed by atoms with Crippen molar-refractivity contribution in [1.82, 2.24) is 14.5 Å². The van der Waals surface area contributed by atoms with Gasteiger partial charge in [0, 0.05) is 37.1 Å². The normalized spacial score (nSPS) is 12.5. The summed E-state index contributed by atoms with van der Waals surface area (Å²) in [5.74, 6) is 0.603. The Balaban J connectivity index is 2.05. The van der Waals surface area contributed by atoms with E-state index in [1.165, 1.54) is 16.2 Å². The first-order valence-corrected chi connectivity index (χ1v) is 9.30. The summed E-state index contributed by atoms with van der Waals surface area (Å²) < 4.78 is 1.85. The maximum Gasteiger partial charge on any atom is 0.253 e. The molecule has 0 aliphatic carbocycles. The number of hydrogen-bond acceptors (Lipinski definition) is 5. The van der Waals surface area contributed by atoms with Gasteiger partial charge in [-0.2, -0.15) is 0 Å². The van der Waals surface area contributed by atoms with Gasteiger partial charge in [0.05, 0.1) is 11.6 Å². The molecule has 0 fully saturated rings. The molecule has 2 aromatic heterocycles. The summed E-state index contributed by atoms with van der Waals surface area (Å²) in [5, 5.41) is 23.1. The molecule has 2 N–H and O–H groups in total. The molecule has 1 aromatic carbocycles. The molecule has 0 spiro atoms. The Bertz CT molecular complexity index is 945. The molecule has 3 aromatic rings. The number of phenolic OH excluding ortho intramolecular Hbond substituents is 1. The van der Waals surface area contributed by atoms with Crippen molar-refractivity contribution in [3.63, 3.8) is 0 Å². The Morgan fingerprint density at radius 1 is 1.42 bits per heavy atom. The van der Waals surface area contributed by atoms with Crippen LogP contribution in [-0.2, 0) is 13.5 Å². The van der Waals surface area contributed by atoms with Crippen LogP contribution >= 0.6 is 11.3 Å². The number of aliphatic hydroxyl groups excluding tert-OH is 1. The first-order valence-electron chi connectivity index (χ1n) is 8.42. The molecular formula is C19H23N3O3S. The predicted molar refractivity (Wildman–Crippen MR) is 103 cm³/mol. The smallest absolute Gasteiger partial charge is 0.253 e. The van der Waals surface area contributed by atoms with E-state index in [0.717, 1.165) is 10.7 Å². The van der Waals surface area contributed by atoms with Gasteiger partial charge in [0.1, 0.15) is 17.1 Å². The van der Waals surface area contributed by atoms with Crippen molar-refractivity contribution in [3.8, 4) is 5.75 Å². The number of aliphatic hydroxyl groups is 1. The van der Waals surface area contributed by atoms with E-state index >= 15 is 0 Å². The number of rotatable bonds is 5. The largest absolute Gasteiger partial charge is 0.505 e. The molecule has 1 amide bonds. The van der Waals surface area contributed by atoms with Gasteiger partial charge in [-0.15, -0.1) is 11.3 Å². The molecule has 0 unspecified atom stereocenters. The van der Waals surface area contributed by atoms with E-state index in [-0.39, 0.29) is 11.7 Å². The lowest BCUT2D eigenvalue weighted by Gasteiger charge is -2.17. The summed E-state index contributed by atoms with van der Waals surface area (Å²) in [6.45, 7) is 1.85. The number of carbonyl (C=O) groups excluding carboxylic acids is 1. The second kappa shape index (κ2) is 7.09. The van der Waals surface area contributed by atoms with Crippen molar-refractivity contribution in [2.45, 2.75) is 25.9 Å². The summed E-state index contributed by atoms with van der Waals surface area (Å²) in [6.07, 6.45) is 0.169. The van der Waals surface area contributed by atoms with E-state index in [9.17, 15) is 15.0 Å². The summed E-state index contributed by atoms with van der Waals surface area (Å²) in [7, 11) is 5.22. The van der Waals surface area contributed by atoms with Crippen LogP contribution in [0.2, 0.25) is 0 Å². The average Bonchev–Trinajstić information content (AvgIpc) is 3.23. The van der Waals surface area contributed by atoms with Crippen molar-refractivity contribution in [3.05, 3.63) is 45.4 Å². The molecular weight excluding hydrogens is 350 g/mol. The Kier molecular flexibility index (Phi) is 5.02. The number of hydrogen-bond donors (Lipinski definition) is 2. The third-order valence-corrected chi connectivity index (χ3v) is 5.63. The molecule has 2 heterocycles. The van der Waals surface area contributed by atoms with Crippen molar-refractivity contribution in [2.75, 3.05) is 14.1 Å². The van der Waals surface area contributed by atoms with Crippen molar-refractivity contribution >= 4 is 28.3 Å². The first-order chi connectivity index (χ1) is 12.3. The number of nitrogens with zero attached hydrogens (tertiary/aromatic N) is 3.